The summed E-state index contributed by atoms with van der Waals surface area (Å²) < 4.78 is 15.4. The number of benzene rings is 2. The zero-order valence-electron chi connectivity index (χ0n) is 14.6. The van der Waals surface area contributed by atoms with Gasteiger partial charge in [0.2, 0.25) is 0 Å². The van der Waals surface area contributed by atoms with E-state index in [4.69, 9.17) is 37.4 Å². The van der Waals surface area contributed by atoms with Gasteiger partial charge in [-0.25, -0.2) is 4.79 Å². The number of para-hydroxylation sites is 1. The lowest BCUT2D eigenvalue weighted by molar-refractivity contribution is -0.142. The minimum absolute atomic E-state index is 0.284. The van der Waals surface area contributed by atoms with Crippen molar-refractivity contribution < 1.29 is 23.8 Å². The largest absolute Gasteiger partial charge is 0.493 e. The number of amides is 1. The maximum absolute atomic E-state index is 11.9. The average molecular weight is 410 g/mol. The van der Waals surface area contributed by atoms with Gasteiger partial charge in [-0.1, -0.05) is 35.3 Å². The molecular formula is C19H17Cl2NO5. The van der Waals surface area contributed by atoms with Crippen LogP contribution in [0, 0.1) is 0 Å². The molecule has 0 aliphatic rings. The Morgan fingerprint density at radius 2 is 1.89 bits per heavy atom. The highest BCUT2D eigenvalue weighted by molar-refractivity contribution is 6.36. The van der Waals surface area contributed by atoms with E-state index in [0.29, 0.717) is 27.8 Å². The maximum Gasteiger partial charge on any atom is 0.331 e. The molecule has 0 heterocycles. The molecule has 2 aromatic carbocycles. The molecule has 0 aromatic heterocycles. The molecule has 0 radical (unpaired) electrons. The van der Waals surface area contributed by atoms with Crippen LogP contribution >= 0.6 is 23.2 Å². The summed E-state index contributed by atoms with van der Waals surface area (Å²) in [6.45, 7) is -0.461. The number of esters is 1. The molecule has 142 valence electrons. The van der Waals surface area contributed by atoms with Gasteiger partial charge in [0.05, 0.1) is 24.9 Å². The monoisotopic (exact) mass is 409 g/mol. The van der Waals surface area contributed by atoms with Crippen molar-refractivity contribution in [2.24, 2.45) is 0 Å². The van der Waals surface area contributed by atoms with E-state index >= 15 is 0 Å². The van der Waals surface area contributed by atoms with Crippen molar-refractivity contribution in [1.82, 2.24) is 0 Å². The molecule has 2 aromatic rings. The fraction of sp³-hybridized carbons (Fsp3) is 0.158. The Kier molecular flexibility index (Phi) is 7.52. The number of carbonyl (C=O) groups is 2. The van der Waals surface area contributed by atoms with Gasteiger partial charge in [-0.05, 0) is 30.3 Å². The molecule has 1 amide bonds. The Bertz CT molecular complexity index is 867. The quantitative estimate of drug-likeness (QED) is 0.547. The van der Waals surface area contributed by atoms with Gasteiger partial charge >= 0.3 is 5.97 Å². The number of rotatable bonds is 7. The Morgan fingerprint density at radius 3 is 2.56 bits per heavy atom. The van der Waals surface area contributed by atoms with Gasteiger partial charge in [0.25, 0.3) is 5.91 Å². The smallest absolute Gasteiger partial charge is 0.331 e. The van der Waals surface area contributed by atoms with E-state index in [0.717, 1.165) is 0 Å². The van der Waals surface area contributed by atoms with Crippen LogP contribution in [0.5, 0.6) is 11.5 Å². The average Bonchev–Trinajstić information content (AvgIpc) is 2.66. The summed E-state index contributed by atoms with van der Waals surface area (Å²) in [4.78, 5) is 23.7. The first-order valence-electron chi connectivity index (χ1n) is 7.75. The first kappa shape index (κ1) is 20.6. The SMILES string of the molecule is COc1cccc(/C=C/C(=O)OCC(=O)Nc2ccc(Cl)cc2Cl)c1OC. The topological polar surface area (TPSA) is 73.9 Å². The zero-order valence-corrected chi connectivity index (χ0v) is 16.1. The normalized spacial score (nSPS) is 10.5. The predicted octanol–water partition coefficient (Wildman–Crippen LogP) is 4.21. The summed E-state index contributed by atoms with van der Waals surface area (Å²) in [5.74, 6) is -0.191. The first-order chi connectivity index (χ1) is 12.9. The van der Waals surface area contributed by atoms with E-state index in [1.165, 1.54) is 32.4 Å². The van der Waals surface area contributed by atoms with Gasteiger partial charge < -0.3 is 19.5 Å². The van der Waals surface area contributed by atoms with E-state index in [9.17, 15) is 9.59 Å². The van der Waals surface area contributed by atoms with Gasteiger partial charge in [0.1, 0.15) is 0 Å². The van der Waals surface area contributed by atoms with Crippen LogP contribution in [-0.2, 0) is 14.3 Å². The van der Waals surface area contributed by atoms with Crippen LogP contribution in [0.4, 0.5) is 5.69 Å². The van der Waals surface area contributed by atoms with Crippen molar-refractivity contribution in [3.63, 3.8) is 0 Å². The molecular weight excluding hydrogens is 393 g/mol. The lowest BCUT2D eigenvalue weighted by Gasteiger charge is -2.10. The van der Waals surface area contributed by atoms with Crippen LogP contribution in [0.25, 0.3) is 6.08 Å². The molecule has 2 rings (SSSR count). The summed E-state index contributed by atoms with van der Waals surface area (Å²) in [7, 11) is 3.02. The second kappa shape index (κ2) is 9.85. The molecule has 6 nitrogen and oxygen atoms in total. The fourth-order valence-electron chi connectivity index (χ4n) is 2.16. The van der Waals surface area contributed by atoms with Gasteiger partial charge in [0, 0.05) is 16.7 Å². The maximum atomic E-state index is 11.9. The highest BCUT2D eigenvalue weighted by atomic mass is 35.5. The standard InChI is InChI=1S/C19H17Cl2NO5/c1-25-16-5-3-4-12(19(16)26-2)6-9-18(24)27-11-17(23)22-15-8-7-13(20)10-14(15)21/h3-10H,11H2,1-2H3,(H,22,23)/b9-6+. The Hall–Kier alpha value is -2.70. The Morgan fingerprint density at radius 1 is 1.11 bits per heavy atom. The number of ether oxygens (including phenoxy) is 3. The molecule has 0 aliphatic heterocycles. The summed E-state index contributed by atoms with van der Waals surface area (Å²) >= 11 is 11.8. The number of hydrogen-bond acceptors (Lipinski definition) is 5. The molecule has 0 fully saturated rings. The number of methoxy groups -OCH3 is 2. The summed E-state index contributed by atoms with van der Waals surface area (Å²) in [5, 5.41) is 3.26. The van der Waals surface area contributed by atoms with E-state index in [-0.39, 0.29) is 5.02 Å². The molecule has 27 heavy (non-hydrogen) atoms. The first-order valence-corrected chi connectivity index (χ1v) is 8.51. The molecule has 0 atom stereocenters. The van der Waals surface area contributed by atoms with E-state index < -0.39 is 18.5 Å². The van der Waals surface area contributed by atoms with Crippen molar-refractivity contribution >= 4 is 46.8 Å². The molecule has 0 spiro atoms. The van der Waals surface area contributed by atoms with Gasteiger partial charge in [-0.2, -0.15) is 0 Å². The van der Waals surface area contributed by atoms with E-state index in [2.05, 4.69) is 5.32 Å². The molecule has 0 unspecified atom stereocenters. The molecule has 0 aliphatic carbocycles. The third-order valence-electron chi connectivity index (χ3n) is 3.38. The van der Waals surface area contributed by atoms with Crippen LogP contribution in [0.1, 0.15) is 5.56 Å². The third kappa shape index (κ3) is 5.91. The molecule has 0 bridgehead atoms. The van der Waals surface area contributed by atoms with Crippen molar-refractivity contribution in [3.05, 3.63) is 58.1 Å². The second-order valence-electron chi connectivity index (χ2n) is 5.20. The van der Waals surface area contributed by atoms with E-state index in [1.807, 2.05) is 0 Å². The van der Waals surface area contributed by atoms with Gasteiger partial charge in [-0.15, -0.1) is 0 Å². The minimum atomic E-state index is -0.683. The number of anilines is 1. The number of nitrogens with one attached hydrogen (secondary N) is 1. The van der Waals surface area contributed by atoms with Crippen LogP contribution < -0.4 is 14.8 Å². The number of halogens is 2. The van der Waals surface area contributed by atoms with Crippen LogP contribution in [-0.4, -0.2) is 32.7 Å². The number of carbonyl (C=O) groups excluding carboxylic acids is 2. The fourth-order valence-corrected chi connectivity index (χ4v) is 2.62. The second-order valence-corrected chi connectivity index (χ2v) is 6.04. The molecule has 0 saturated heterocycles. The molecule has 8 heteroatoms. The minimum Gasteiger partial charge on any atom is -0.493 e. The summed E-state index contributed by atoms with van der Waals surface area (Å²) in [6, 6.07) is 9.88. The van der Waals surface area contributed by atoms with Crippen LogP contribution in [0.3, 0.4) is 0 Å². The molecule has 0 saturated carbocycles. The zero-order chi connectivity index (χ0) is 19.8. The number of hydrogen-bond donors (Lipinski definition) is 1. The van der Waals surface area contributed by atoms with Crippen molar-refractivity contribution in [1.29, 1.82) is 0 Å². The van der Waals surface area contributed by atoms with Gasteiger partial charge in [-0.3, -0.25) is 4.79 Å². The van der Waals surface area contributed by atoms with Crippen LogP contribution in [0.2, 0.25) is 10.0 Å². The molecule has 1 N–H and O–H groups in total. The van der Waals surface area contributed by atoms with Gasteiger partial charge in [0.15, 0.2) is 18.1 Å². The Balaban J connectivity index is 1.92. The highest BCUT2D eigenvalue weighted by Crippen LogP contribution is 2.31. The lowest BCUT2D eigenvalue weighted by Crippen LogP contribution is -2.20. The third-order valence-corrected chi connectivity index (χ3v) is 3.93. The lowest BCUT2D eigenvalue weighted by atomic mass is 10.1. The van der Waals surface area contributed by atoms with Crippen molar-refractivity contribution in [2.45, 2.75) is 0 Å². The summed E-state index contributed by atoms with van der Waals surface area (Å²) in [5.41, 5.74) is 1.00. The highest BCUT2D eigenvalue weighted by Gasteiger charge is 2.10. The predicted molar refractivity (Wildman–Crippen MR) is 105 cm³/mol. The summed E-state index contributed by atoms with van der Waals surface area (Å²) in [6.07, 6.45) is 2.71. The Labute approximate surface area is 166 Å². The van der Waals surface area contributed by atoms with E-state index in [1.54, 1.807) is 30.3 Å². The van der Waals surface area contributed by atoms with Crippen molar-refractivity contribution in [2.75, 3.05) is 26.1 Å². The van der Waals surface area contributed by atoms with Crippen LogP contribution in [0.15, 0.2) is 42.5 Å². The van der Waals surface area contributed by atoms with Crippen molar-refractivity contribution in [3.8, 4) is 11.5 Å².